The van der Waals surface area contributed by atoms with Crippen LogP contribution in [0, 0.1) is 11.6 Å². The molecule has 5 heterocycles. The van der Waals surface area contributed by atoms with Gasteiger partial charge in [-0.25, -0.2) is 27.1 Å². The van der Waals surface area contributed by atoms with Crippen molar-refractivity contribution < 1.29 is 31.9 Å². The highest BCUT2D eigenvalue weighted by molar-refractivity contribution is 6.01. The second-order valence-corrected chi connectivity index (χ2v) is 15.2. The molecule has 7 rings (SSSR count). The molecule has 3 atom stereocenters. The van der Waals surface area contributed by atoms with Gasteiger partial charge in [0.05, 0.1) is 24.7 Å². The predicted molar refractivity (Wildman–Crippen MR) is 204 cm³/mol. The van der Waals surface area contributed by atoms with Crippen LogP contribution >= 0.6 is 0 Å². The maximum atomic E-state index is 15.3. The molecule has 3 fully saturated rings. The van der Waals surface area contributed by atoms with Crippen LogP contribution in [0.1, 0.15) is 104 Å². The van der Waals surface area contributed by atoms with Crippen molar-refractivity contribution in [1.29, 1.82) is 0 Å². The second-order valence-electron chi connectivity index (χ2n) is 15.2. The average molecular weight is 777 g/mol. The Bertz CT molecular complexity index is 2030. The molecule has 3 aliphatic rings. The predicted octanol–water partition coefficient (Wildman–Crippen LogP) is 6.76. The molecule has 11 nitrogen and oxygen atoms in total. The van der Waals surface area contributed by atoms with E-state index in [9.17, 15) is 23.2 Å². The Balaban J connectivity index is 0.791. The van der Waals surface area contributed by atoms with Crippen LogP contribution in [0.5, 0.6) is 0 Å². The van der Waals surface area contributed by atoms with Crippen molar-refractivity contribution >= 4 is 34.9 Å². The van der Waals surface area contributed by atoms with Crippen molar-refractivity contribution in [3.05, 3.63) is 89.2 Å². The third kappa shape index (κ3) is 9.14. The zero-order chi connectivity index (χ0) is 39.2. The average Bonchev–Trinajstić information content (AvgIpc) is 3.84. The smallest absolute Gasteiger partial charge is 0.267 e. The van der Waals surface area contributed by atoms with Crippen molar-refractivity contribution in [2.24, 2.45) is 0 Å². The number of piperidine rings is 2. The highest BCUT2D eigenvalue weighted by Crippen LogP contribution is 2.41. The number of carbonyl (C=O) groups is 3. The highest BCUT2D eigenvalue weighted by atomic mass is 19.3. The van der Waals surface area contributed by atoms with E-state index in [1.165, 1.54) is 16.8 Å². The number of hydrogen-bond acceptors (Lipinski definition) is 8. The topological polar surface area (TPSA) is 124 Å². The number of nitrogens with zero attached hydrogens (tertiary/aromatic N) is 5. The number of alkyl halides is 2. The molecule has 2 aromatic carbocycles. The normalized spacial score (nSPS) is 21.4. The van der Waals surface area contributed by atoms with Gasteiger partial charge in [-0.15, -0.1) is 0 Å². The molecule has 15 heteroatoms. The first-order chi connectivity index (χ1) is 27.1. The van der Waals surface area contributed by atoms with E-state index in [-0.39, 0.29) is 36.7 Å². The first-order valence-electron chi connectivity index (χ1n) is 19.7. The quantitative estimate of drug-likeness (QED) is 0.0688. The molecule has 0 spiro atoms. The fourth-order valence-electron chi connectivity index (χ4n) is 8.23. The second kappa shape index (κ2) is 17.4. The number of carbonyl (C=O) groups excluding carboxylic acids is 3. The molecule has 0 bridgehead atoms. The summed E-state index contributed by atoms with van der Waals surface area (Å²) in [5.74, 6) is -5.05. The number of aromatic nitrogens is 3. The third-order valence-corrected chi connectivity index (χ3v) is 11.2. The van der Waals surface area contributed by atoms with Crippen LogP contribution in [0.2, 0.25) is 0 Å². The maximum absolute atomic E-state index is 15.3. The molecule has 3 aliphatic heterocycles. The monoisotopic (exact) mass is 776 g/mol. The summed E-state index contributed by atoms with van der Waals surface area (Å²) < 4.78 is 60.7. The van der Waals surface area contributed by atoms with Crippen LogP contribution in [0.15, 0.2) is 60.9 Å². The molecule has 0 aliphatic carbocycles. The molecule has 0 saturated carbocycles. The minimum Gasteiger partial charge on any atom is -0.374 e. The fraction of sp³-hybridized carbons (Fsp3) is 0.488. The lowest BCUT2D eigenvalue weighted by Gasteiger charge is -2.38. The molecular formula is C41H48F4N8O3. The summed E-state index contributed by atoms with van der Waals surface area (Å²) in [4.78, 5) is 45.1. The van der Waals surface area contributed by atoms with Gasteiger partial charge in [-0.1, -0.05) is 37.8 Å². The number of amides is 3. The van der Waals surface area contributed by atoms with Gasteiger partial charge in [0.15, 0.2) is 5.65 Å². The Labute approximate surface area is 323 Å². The minimum atomic E-state index is -2.86. The van der Waals surface area contributed by atoms with Crippen molar-refractivity contribution in [3.8, 4) is 0 Å². The number of unbranched alkanes of at least 4 members (excludes halogenated alkanes) is 5. The SMILES string of the molecule is O=C1CCC(Nc2ccc(C3CCN(CCCCCCCCNC(=O)c4cnn5ccc(N6CCCC6c6cc(F)ccc6F)nc45)CC3(F)F)cc2)C(=O)N1. The van der Waals surface area contributed by atoms with Crippen molar-refractivity contribution in [1.82, 2.24) is 30.1 Å². The zero-order valence-corrected chi connectivity index (χ0v) is 31.3. The first kappa shape index (κ1) is 39.2. The van der Waals surface area contributed by atoms with Crippen LogP contribution in [-0.2, 0) is 9.59 Å². The van der Waals surface area contributed by atoms with Crippen LogP contribution < -0.4 is 20.9 Å². The number of fused-ring (bicyclic) bond motifs is 1. The number of anilines is 2. The molecule has 2 aromatic heterocycles. The number of nitrogens with one attached hydrogen (secondary N) is 3. The summed E-state index contributed by atoms with van der Waals surface area (Å²) >= 11 is 0. The van der Waals surface area contributed by atoms with Crippen LogP contribution in [0.4, 0.5) is 29.1 Å². The Morgan fingerprint density at radius 3 is 2.50 bits per heavy atom. The summed E-state index contributed by atoms with van der Waals surface area (Å²) in [6.45, 7) is 2.08. The zero-order valence-electron chi connectivity index (χ0n) is 31.3. The summed E-state index contributed by atoms with van der Waals surface area (Å²) in [6.07, 6.45) is 11.1. The lowest BCUT2D eigenvalue weighted by atomic mass is 9.86. The molecule has 3 saturated heterocycles. The highest BCUT2D eigenvalue weighted by Gasteiger charge is 2.45. The van der Waals surface area contributed by atoms with Crippen LogP contribution in [-0.4, -0.2) is 81.9 Å². The van der Waals surface area contributed by atoms with Crippen LogP contribution in [0.3, 0.4) is 0 Å². The van der Waals surface area contributed by atoms with Gasteiger partial charge in [0.25, 0.3) is 11.8 Å². The maximum Gasteiger partial charge on any atom is 0.267 e. The van der Waals surface area contributed by atoms with Gasteiger partial charge >= 0.3 is 0 Å². The van der Waals surface area contributed by atoms with Gasteiger partial charge in [-0.2, -0.15) is 5.10 Å². The third-order valence-electron chi connectivity index (χ3n) is 11.2. The van der Waals surface area contributed by atoms with E-state index in [1.807, 2.05) is 9.80 Å². The van der Waals surface area contributed by atoms with Crippen LogP contribution in [0.25, 0.3) is 5.65 Å². The molecule has 298 valence electrons. The standard InChI is InChI=1S/C41H48F4N8O3/c42-28-11-14-33(43)30(24-28)35-8-7-21-52(35)36-18-23-53-38(49-36)31(25-47-53)39(55)46-19-5-3-1-2-4-6-20-51-22-17-32(41(44,45)26-51)27-9-12-29(13-10-27)48-34-15-16-37(54)50-40(34)56/h9-14,18,23-25,32,34-35,48H,1-8,15-17,19-22,26H2,(H,46,55)(H,50,54,56). The molecule has 3 N–H and O–H groups in total. The molecule has 56 heavy (non-hydrogen) atoms. The lowest BCUT2D eigenvalue weighted by Crippen LogP contribution is -2.47. The number of benzene rings is 2. The molecule has 0 radical (unpaired) electrons. The lowest BCUT2D eigenvalue weighted by molar-refractivity contribution is -0.133. The Morgan fingerprint density at radius 2 is 1.71 bits per heavy atom. The van der Waals surface area contributed by atoms with Gasteiger partial charge in [-0.3, -0.25) is 24.6 Å². The minimum absolute atomic E-state index is 0.260. The van der Waals surface area contributed by atoms with Gasteiger partial charge in [-0.05, 0) is 93.6 Å². The summed E-state index contributed by atoms with van der Waals surface area (Å²) in [7, 11) is 0. The summed E-state index contributed by atoms with van der Waals surface area (Å²) in [5, 5.41) is 12.6. The largest absolute Gasteiger partial charge is 0.374 e. The Morgan fingerprint density at radius 1 is 0.929 bits per heavy atom. The Kier molecular flexibility index (Phi) is 12.2. The van der Waals surface area contributed by atoms with E-state index in [0.29, 0.717) is 79.3 Å². The van der Waals surface area contributed by atoms with Crippen molar-refractivity contribution in [2.45, 2.75) is 94.6 Å². The van der Waals surface area contributed by atoms with E-state index < -0.39 is 29.5 Å². The number of rotatable bonds is 15. The number of hydrogen-bond donors (Lipinski definition) is 3. The molecular weight excluding hydrogens is 728 g/mol. The first-order valence-corrected chi connectivity index (χ1v) is 19.7. The van der Waals surface area contributed by atoms with E-state index >= 15 is 8.78 Å². The number of imide groups is 1. The van der Waals surface area contributed by atoms with Crippen molar-refractivity contribution in [3.63, 3.8) is 0 Å². The fourth-order valence-corrected chi connectivity index (χ4v) is 8.23. The summed E-state index contributed by atoms with van der Waals surface area (Å²) in [5.41, 5.74) is 2.26. The molecule has 4 aromatic rings. The van der Waals surface area contributed by atoms with E-state index in [0.717, 1.165) is 57.1 Å². The van der Waals surface area contributed by atoms with E-state index in [1.54, 1.807) is 36.5 Å². The Hall–Kier alpha value is -5.05. The van der Waals surface area contributed by atoms with Crippen molar-refractivity contribution in [2.75, 3.05) is 42.9 Å². The van der Waals surface area contributed by atoms with Gasteiger partial charge in [0.1, 0.15) is 29.1 Å². The van der Waals surface area contributed by atoms with E-state index in [2.05, 4.69) is 21.0 Å². The van der Waals surface area contributed by atoms with Gasteiger partial charge in [0, 0.05) is 37.0 Å². The molecule has 3 amide bonds. The van der Waals surface area contributed by atoms with Gasteiger partial charge in [0.2, 0.25) is 11.8 Å². The van der Waals surface area contributed by atoms with E-state index in [4.69, 9.17) is 4.98 Å². The van der Waals surface area contributed by atoms with Gasteiger partial charge < -0.3 is 15.5 Å². The number of halogens is 4. The summed E-state index contributed by atoms with van der Waals surface area (Å²) in [6, 6.07) is 11.2. The number of likely N-dealkylation sites (tertiary alicyclic amines) is 1. The molecule has 3 unspecified atom stereocenters.